The molecule has 0 N–H and O–H groups in total. The lowest BCUT2D eigenvalue weighted by Gasteiger charge is -2.14. The number of aryl methyl sites for hydroxylation is 9. The number of hydrogen-bond acceptors (Lipinski definition) is 5. The van der Waals surface area contributed by atoms with Gasteiger partial charge in [-0.2, -0.15) is 0 Å². The fraction of sp³-hybridized carbons (Fsp3) is 0.188. The largest absolute Gasteiger partial charge is 0.415 e. The summed E-state index contributed by atoms with van der Waals surface area (Å²) >= 11 is 0. The van der Waals surface area contributed by atoms with Crippen LogP contribution in [0.15, 0.2) is 109 Å². The van der Waals surface area contributed by atoms with Gasteiger partial charge in [0.05, 0.1) is 5.30 Å². The highest BCUT2D eigenvalue weighted by molar-refractivity contribution is 7.61. The van der Waals surface area contributed by atoms with Crippen molar-refractivity contribution in [3.05, 3.63) is 193 Å². The average Bonchev–Trinajstić information content (AvgIpc) is 3.13. The third-order valence-corrected chi connectivity index (χ3v) is 11.8. The van der Waals surface area contributed by atoms with Gasteiger partial charge >= 0.3 is 7.80 Å². The van der Waals surface area contributed by atoms with Crippen LogP contribution in [0, 0.1) is 62.3 Å². The summed E-state index contributed by atoms with van der Waals surface area (Å²) in [7, 11) is -1.88. The van der Waals surface area contributed by atoms with Crippen LogP contribution in [0.2, 0.25) is 0 Å². The highest BCUT2D eigenvalue weighted by atomic mass is 31.1. The van der Waals surface area contributed by atoms with Crippen LogP contribution < -0.4 is 15.9 Å². The van der Waals surface area contributed by atoms with Gasteiger partial charge in [0.25, 0.3) is 0 Å². The Labute approximate surface area is 326 Å². The van der Waals surface area contributed by atoms with Crippen molar-refractivity contribution >= 4 is 49.5 Å². The minimum atomic E-state index is -1.63. The zero-order valence-corrected chi connectivity index (χ0v) is 34.6. The van der Waals surface area contributed by atoms with Crippen molar-refractivity contribution in [3.63, 3.8) is 0 Å². The van der Waals surface area contributed by atoms with Crippen molar-refractivity contribution in [2.24, 2.45) is 0 Å². The van der Waals surface area contributed by atoms with E-state index in [4.69, 9.17) is 0 Å². The molecule has 0 aliphatic carbocycles. The van der Waals surface area contributed by atoms with Crippen LogP contribution in [0.3, 0.4) is 0 Å². The first kappa shape index (κ1) is 40.7. The predicted octanol–water partition coefficient (Wildman–Crippen LogP) is 10.5. The molecule has 6 aromatic carbocycles. The second kappa shape index (κ2) is 17.3. The molecule has 6 rings (SSSR count). The van der Waals surface area contributed by atoms with E-state index < -0.39 is 7.80 Å². The first-order chi connectivity index (χ1) is 26.1. The summed E-state index contributed by atoms with van der Waals surface area (Å²) in [4.78, 5) is 39.6. The third kappa shape index (κ3) is 9.09. The molecule has 0 spiro atoms. The lowest BCUT2D eigenvalue weighted by molar-refractivity contribution is 0.102. The second-order valence-corrected chi connectivity index (χ2v) is 16.6. The quantitative estimate of drug-likeness (QED) is 0.108. The molecule has 5 nitrogen and oxygen atoms in total. The molecule has 0 aromatic heterocycles. The molecule has 0 amide bonds. The minimum absolute atomic E-state index is 0.0106. The van der Waals surface area contributed by atoms with E-state index in [2.05, 4.69) is 0 Å². The molecule has 0 saturated carbocycles. The van der Waals surface area contributed by atoms with Gasteiger partial charge in [0.15, 0.2) is 36.4 Å². The maximum Gasteiger partial charge on any atom is 0.415 e. The molecular formula is C48H45O5P2+. The Bertz CT molecular complexity index is 2430. The van der Waals surface area contributed by atoms with Crippen LogP contribution in [0.5, 0.6) is 0 Å². The van der Waals surface area contributed by atoms with Gasteiger partial charge in [0, 0.05) is 33.4 Å². The summed E-state index contributed by atoms with van der Waals surface area (Å²) in [6.07, 6.45) is 0. The van der Waals surface area contributed by atoms with Crippen molar-refractivity contribution in [3.8, 4) is 0 Å². The Hall–Kier alpha value is -5.47. The van der Waals surface area contributed by atoms with Crippen LogP contribution in [0.4, 0.5) is 0 Å². The molecule has 1 unspecified atom stereocenters. The molecule has 0 fully saturated rings. The maximum absolute atomic E-state index is 13.4. The van der Waals surface area contributed by atoms with Gasteiger partial charge in [-0.05, 0) is 150 Å². The molecule has 55 heavy (non-hydrogen) atoms. The predicted molar refractivity (Wildman–Crippen MR) is 226 cm³/mol. The van der Waals surface area contributed by atoms with Gasteiger partial charge < -0.3 is 0 Å². The van der Waals surface area contributed by atoms with Crippen molar-refractivity contribution in [2.45, 2.75) is 62.3 Å². The van der Waals surface area contributed by atoms with Gasteiger partial charge in [-0.15, -0.1) is 0 Å². The molecule has 7 heteroatoms. The van der Waals surface area contributed by atoms with Crippen molar-refractivity contribution in [2.75, 3.05) is 0 Å². The van der Waals surface area contributed by atoms with Gasteiger partial charge in [-0.3, -0.25) is 18.9 Å². The van der Waals surface area contributed by atoms with Crippen LogP contribution in [-0.2, 0) is 9.13 Å². The number of hydrogen-bond donors (Lipinski definition) is 0. The Morgan fingerprint density at radius 2 is 0.800 bits per heavy atom. The summed E-state index contributed by atoms with van der Waals surface area (Å²) < 4.78 is 24.4. The van der Waals surface area contributed by atoms with Crippen LogP contribution in [0.1, 0.15) is 97.8 Å². The number of carbonyl (C=O) groups is 3. The van der Waals surface area contributed by atoms with E-state index >= 15 is 0 Å². The molecule has 0 heterocycles. The van der Waals surface area contributed by atoms with E-state index in [-0.39, 0.29) is 25.8 Å². The van der Waals surface area contributed by atoms with Crippen molar-refractivity contribution in [1.82, 2.24) is 0 Å². The standard InChI is InChI=1S/C26H25O3P.C22H20O2P/c1-14-9-16(3)23(17(4)10-14)25(27)20-7-8-22(30-29)21(13-20)26(28)24-18(5)11-15(2)12-19(24)6;1-15-13-16(2)21(17(3)14-15)22(23)18-9-11-20(12-10-18)25(24)19-7-5-4-6-8-19/h7-13H,1-6H3;4-14H,1-3H3/q;+1. The van der Waals surface area contributed by atoms with E-state index in [9.17, 15) is 23.5 Å². The Morgan fingerprint density at radius 3 is 1.22 bits per heavy atom. The van der Waals surface area contributed by atoms with E-state index in [0.717, 1.165) is 66.2 Å². The topological polar surface area (TPSA) is 85.3 Å². The fourth-order valence-corrected chi connectivity index (χ4v) is 9.00. The van der Waals surface area contributed by atoms with E-state index in [1.165, 1.54) is 0 Å². The molecule has 0 bridgehead atoms. The molecule has 1 atom stereocenters. The molecule has 6 aromatic rings. The van der Waals surface area contributed by atoms with Gasteiger partial charge in [0.2, 0.25) is 0 Å². The smallest absolute Gasteiger partial charge is 0.289 e. The highest BCUT2D eigenvalue weighted by Crippen LogP contribution is 2.26. The van der Waals surface area contributed by atoms with Gasteiger partial charge in [-0.25, -0.2) is 0 Å². The van der Waals surface area contributed by atoms with E-state index in [0.29, 0.717) is 33.1 Å². The zero-order chi connectivity index (χ0) is 40.1. The molecule has 276 valence electrons. The fourth-order valence-electron chi connectivity index (χ4n) is 7.44. The summed E-state index contributed by atoms with van der Waals surface area (Å²) in [5, 5.41) is 1.91. The lowest BCUT2D eigenvalue weighted by atomic mass is 9.90. The lowest BCUT2D eigenvalue weighted by Crippen LogP contribution is -2.17. The normalized spacial score (nSPS) is 11.1. The molecule has 0 radical (unpaired) electrons. The highest BCUT2D eigenvalue weighted by Gasteiger charge is 2.25. The number of rotatable bonds is 9. The van der Waals surface area contributed by atoms with Gasteiger partial charge in [0.1, 0.15) is 0 Å². The van der Waals surface area contributed by atoms with Crippen molar-refractivity contribution < 1.29 is 23.5 Å². The number of ketones is 3. The summed E-state index contributed by atoms with van der Waals surface area (Å²) in [6.45, 7) is 17.6. The minimum Gasteiger partial charge on any atom is -0.289 e. The van der Waals surface area contributed by atoms with E-state index in [1.54, 1.807) is 42.5 Å². The first-order valence-electron chi connectivity index (χ1n) is 18.1. The van der Waals surface area contributed by atoms with Crippen LogP contribution >= 0.6 is 16.3 Å². The second-order valence-electron chi connectivity index (χ2n) is 14.3. The molecule has 0 aliphatic rings. The van der Waals surface area contributed by atoms with E-state index in [1.807, 2.05) is 129 Å². The Morgan fingerprint density at radius 1 is 0.436 bits per heavy atom. The first-order valence-corrected chi connectivity index (χ1v) is 20.2. The molecule has 0 aliphatic heterocycles. The van der Waals surface area contributed by atoms with Crippen LogP contribution in [-0.4, -0.2) is 17.3 Å². The molecular weight excluding hydrogens is 718 g/mol. The van der Waals surface area contributed by atoms with Crippen molar-refractivity contribution in [1.29, 1.82) is 0 Å². The Kier molecular flexibility index (Phi) is 12.8. The number of carbonyl (C=O) groups excluding carboxylic acids is 3. The molecule has 0 saturated heterocycles. The summed E-state index contributed by atoms with van der Waals surface area (Å²) in [6, 6.07) is 33.3. The summed E-state index contributed by atoms with van der Waals surface area (Å²) in [5.41, 5.74) is 12.2. The SMILES string of the molecule is Cc1cc(C)c(C(=O)c2ccc(P=O)c(C(=O)c3c(C)cc(C)cc3C)c2)c(C)c1.Cc1cc(C)c(C(=O)c2ccc([P+](=O)c3ccccc3)cc2)c(C)c1. The summed E-state index contributed by atoms with van der Waals surface area (Å²) in [5.74, 6) is -0.336. The zero-order valence-electron chi connectivity index (χ0n) is 32.8. The van der Waals surface area contributed by atoms with Gasteiger partial charge in [-0.1, -0.05) is 75.9 Å². The number of benzene rings is 6. The monoisotopic (exact) mass is 763 g/mol. The maximum atomic E-state index is 13.4. The van der Waals surface area contributed by atoms with Crippen LogP contribution in [0.25, 0.3) is 0 Å². The third-order valence-electron chi connectivity index (χ3n) is 9.67. The Balaban J connectivity index is 0.000000214. The average molecular weight is 764 g/mol.